The first-order valence-corrected chi connectivity index (χ1v) is 6.58. The second-order valence-electron chi connectivity index (χ2n) is 3.55. The van der Waals surface area contributed by atoms with Gasteiger partial charge in [-0.15, -0.1) is 11.8 Å². The maximum absolute atomic E-state index is 4.34. The molecule has 0 fully saturated rings. The van der Waals surface area contributed by atoms with Crippen LogP contribution in [0.15, 0.2) is 47.8 Å². The summed E-state index contributed by atoms with van der Waals surface area (Å²) in [4.78, 5) is 9.57. The molecule has 0 aliphatic carbocycles. The average molecular weight is 245 g/mol. The molecule has 2 heterocycles. The molecular weight excluding hydrogens is 230 g/mol. The van der Waals surface area contributed by atoms with Crippen molar-refractivity contribution in [2.75, 3.05) is 11.9 Å². The van der Waals surface area contributed by atoms with Gasteiger partial charge in [0.2, 0.25) is 0 Å². The number of rotatable bonds is 5. The van der Waals surface area contributed by atoms with E-state index in [1.807, 2.05) is 36.8 Å². The SMILES string of the molecule is CCNc1ccc(CSc2ccncc2)cn1. The van der Waals surface area contributed by atoms with Gasteiger partial charge in [0.15, 0.2) is 0 Å². The van der Waals surface area contributed by atoms with Crippen molar-refractivity contribution >= 4 is 17.6 Å². The van der Waals surface area contributed by atoms with E-state index in [-0.39, 0.29) is 0 Å². The zero-order valence-electron chi connectivity index (χ0n) is 9.76. The Balaban J connectivity index is 1.91. The second kappa shape index (κ2) is 6.25. The first-order chi connectivity index (χ1) is 8.38. The van der Waals surface area contributed by atoms with E-state index in [4.69, 9.17) is 0 Å². The minimum absolute atomic E-state index is 0.901. The van der Waals surface area contributed by atoms with Gasteiger partial charge in [0.05, 0.1) is 0 Å². The van der Waals surface area contributed by atoms with Crippen molar-refractivity contribution in [2.24, 2.45) is 0 Å². The molecule has 0 spiro atoms. The monoisotopic (exact) mass is 245 g/mol. The number of hydrogen-bond donors (Lipinski definition) is 1. The Hall–Kier alpha value is -1.55. The number of nitrogens with one attached hydrogen (secondary N) is 1. The fourth-order valence-corrected chi connectivity index (χ4v) is 2.21. The number of aromatic nitrogens is 2. The molecule has 0 saturated carbocycles. The third-order valence-corrected chi connectivity index (χ3v) is 3.32. The lowest BCUT2D eigenvalue weighted by molar-refractivity contribution is 1.14. The van der Waals surface area contributed by atoms with Crippen LogP contribution in [0.25, 0.3) is 0 Å². The van der Waals surface area contributed by atoms with Crippen LogP contribution in [0.1, 0.15) is 12.5 Å². The van der Waals surface area contributed by atoms with Crippen LogP contribution in [0, 0.1) is 0 Å². The molecule has 0 aliphatic rings. The van der Waals surface area contributed by atoms with Crippen LogP contribution in [-0.2, 0) is 5.75 Å². The second-order valence-corrected chi connectivity index (χ2v) is 4.60. The molecule has 88 valence electrons. The predicted octanol–water partition coefficient (Wildman–Crippen LogP) is 3.20. The van der Waals surface area contributed by atoms with Crippen molar-refractivity contribution < 1.29 is 0 Å². The predicted molar refractivity (Wildman–Crippen MR) is 72.2 cm³/mol. The van der Waals surface area contributed by atoms with Crippen LogP contribution in [0.3, 0.4) is 0 Å². The van der Waals surface area contributed by atoms with Crippen molar-refractivity contribution in [1.29, 1.82) is 0 Å². The molecule has 2 rings (SSSR count). The highest BCUT2D eigenvalue weighted by Gasteiger charge is 1.97. The zero-order valence-corrected chi connectivity index (χ0v) is 10.6. The number of thioether (sulfide) groups is 1. The molecular formula is C13H15N3S. The summed E-state index contributed by atoms with van der Waals surface area (Å²) in [6, 6.07) is 8.17. The van der Waals surface area contributed by atoms with Crippen LogP contribution in [-0.4, -0.2) is 16.5 Å². The fourth-order valence-electron chi connectivity index (χ4n) is 1.40. The van der Waals surface area contributed by atoms with Gasteiger partial charge in [-0.05, 0) is 30.7 Å². The summed E-state index contributed by atoms with van der Waals surface area (Å²) < 4.78 is 0. The van der Waals surface area contributed by atoms with Crippen LogP contribution in [0.5, 0.6) is 0 Å². The van der Waals surface area contributed by atoms with Gasteiger partial charge in [0.25, 0.3) is 0 Å². The fraction of sp³-hybridized carbons (Fsp3) is 0.231. The summed E-state index contributed by atoms with van der Waals surface area (Å²) in [5.41, 5.74) is 1.23. The lowest BCUT2D eigenvalue weighted by Gasteiger charge is -2.04. The third kappa shape index (κ3) is 3.75. The first-order valence-electron chi connectivity index (χ1n) is 5.60. The molecule has 3 nitrogen and oxygen atoms in total. The van der Waals surface area contributed by atoms with Crippen molar-refractivity contribution in [3.63, 3.8) is 0 Å². The van der Waals surface area contributed by atoms with Crippen molar-refractivity contribution in [3.05, 3.63) is 48.4 Å². The van der Waals surface area contributed by atoms with Crippen molar-refractivity contribution in [3.8, 4) is 0 Å². The smallest absolute Gasteiger partial charge is 0.125 e. The highest BCUT2D eigenvalue weighted by Crippen LogP contribution is 2.21. The first kappa shape index (κ1) is 11.9. The lowest BCUT2D eigenvalue weighted by atomic mass is 10.3. The van der Waals surface area contributed by atoms with E-state index in [2.05, 4.69) is 28.3 Å². The van der Waals surface area contributed by atoms with Gasteiger partial charge < -0.3 is 5.32 Å². The molecule has 0 radical (unpaired) electrons. The number of hydrogen-bond acceptors (Lipinski definition) is 4. The van der Waals surface area contributed by atoms with Gasteiger partial charge in [0, 0.05) is 35.8 Å². The molecule has 0 amide bonds. The van der Waals surface area contributed by atoms with Crippen molar-refractivity contribution in [2.45, 2.75) is 17.6 Å². The van der Waals surface area contributed by atoms with E-state index in [1.165, 1.54) is 10.5 Å². The summed E-state index contributed by atoms with van der Waals surface area (Å²) in [5, 5.41) is 3.18. The molecule has 2 aromatic rings. The van der Waals surface area contributed by atoms with Crippen LogP contribution in [0.2, 0.25) is 0 Å². The number of pyridine rings is 2. The van der Waals surface area contributed by atoms with Gasteiger partial charge >= 0.3 is 0 Å². The highest BCUT2D eigenvalue weighted by atomic mass is 32.2. The van der Waals surface area contributed by atoms with E-state index in [9.17, 15) is 0 Å². The summed E-state index contributed by atoms with van der Waals surface area (Å²) in [5.74, 6) is 1.87. The molecule has 0 aliphatic heterocycles. The molecule has 2 aromatic heterocycles. The molecule has 0 atom stereocenters. The Kier molecular flexibility index (Phi) is 4.38. The minimum atomic E-state index is 0.901. The van der Waals surface area contributed by atoms with Gasteiger partial charge in [-0.25, -0.2) is 4.98 Å². The van der Waals surface area contributed by atoms with E-state index < -0.39 is 0 Å². The minimum Gasteiger partial charge on any atom is -0.370 e. The van der Waals surface area contributed by atoms with Crippen LogP contribution in [0.4, 0.5) is 5.82 Å². The van der Waals surface area contributed by atoms with Gasteiger partial charge in [-0.1, -0.05) is 6.07 Å². The molecule has 1 N–H and O–H groups in total. The maximum Gasteiger partial charge on any atom is 0.125 e. The Morgan fingerprint density at radius 1 is 1.18 bits per heavy atom. The van der Waals surface area contributed by atoms with E-state index in [0.29, 0.717) is 0 Å². The molecule has 0 unspecified atom stereocenters. The lowest BCUT2D eigenvalue weighted by Crippen LogP contribution is -1.98. The number of nitrogens with zero attached hydrogens (tertiary/aromatic N) is 2. The summed E-state index contributed by atoms with van der Waals surface area (Å²) in [7, 11) is 0. The molecule has 4 heteroatoms. The quantitative estimate of drug-likeness (QED) is 0.821. The Bertz CT molecular complexity index is 442. The van der Waals surface area contributed by atoms with E-state index in [1.54, 1.807) is 11.8 Å². The number of anilines is 1. The Morgan fingerprint density at radius 3 is 2.65 bits per heavy atom. The summed E-state index contributed by atoms with van der Waals surface area (Å²) in [6.07, 6.45) is 5.55. The summed E-state index contributed by atoms with van der Waals surface area (Å²) in [6.45, 7) is 2.97. The standard InChI is InChI=1S/C13H15N3S/c1-2-15-13-4-3-11(9-16-13)10-17-12-5-7-14-8-6-12/h3-9H,2,10H2,1H3,(H,15,16). The molecule has 0 aromatic carbocycles. The molecule has 0 bridgehead atoms. The Morgan fingerprint density at radius 2 is 2.00 bits per heavy atom. The largest absolute Gasteiger partial charge is 0.370 e. The van der Waals surface area contributed by atoms with Gasteiger partial charge in [-0.3, -0.25) is 4.98 Å². The van der Waals surface area contributed by atoms with Gasteiger partial charge in [-0.2, -0.15) is 0 Å². The van der Waals surface area contributed by atoms with Crippen LogP contribution < -0.4 is 5.32 Å². The van der Waals surface area contributed by atoms with Crippen LogP contribution >= 0.6 is 11.8 Å². The van der Waals surface area contributed by atoms with Crippen molar-refractivity contribution in [1.82, 2.24) is 9.97 Å². The Labute approximate surface area is 106 Å². The maximum atomic E-state index is 4.34. The van der Waals surface area contributed by atoms with E-state index in [0.717, 1.165) is 18.1 Å². The topological polar surface area (TPSA) is 37.8 Å². The normalized spacial score (nSPS) is 10.2. The zero-order chi connectivity index (χ0) is 11.9. The molecule has 0 saturated heterocycles. The third-order valence-electron chi connectivity index (χ3n) is 2.24. The molecule has 17 heavy (non-hydrogen) atoms. The highest BCUT2D eigenvalue weighted by molar-refractivity contribution is 7.98. The van der Waals surface area contributed by atoms with E-state index >= 15 is 0 Å². The summed E-state index contributed by atoms with van der Waals surface area (Å²) >= 11 is 1.79. The van der Waals surface area contributed by atoms with Gasteiger partial charge in [0.1, 0.15) is 5.82 Å². The average Bonchev–Trinajstić information content (AvgIpc) is 2.40.